The van der Waals surface area contributed by atoms with Crippen LogP contribution in [0.25, 0.3) is 0 Å². The van der Waals surface area contributed by atoms with Gasteiger partial charge in [0.2, 0.25) is 11.8 Å². The van der Waals surface area contributed by atoms with Crippen molar-refractivity contribution >= 4 is 17.8 Å². The summed E-state index contributed by atoms with van der Waals surface area (Å²) >= 11 is 0. The molecule has 6 heteroatoms. The zero-order valence-corrected chi connectivity index (χ0v) is 9.90. The van der Waals surface area contributed by atoms with Gasteiger partial charge in [0.1, 0.15) is 5.41 Å². The van der Waals surface area contributed by atoms with Gasteiger partial charge in [0, 0.05) is 12.4 Å². The van der Waals surface area contributed by atoms with E-state index in [0.29, 0.717) is 12.8 Å². The van der Waals surface area contributed by atoms with Crippen LogP contribution in [0.3, 0.4) is 0 Å². The summed E-state index contributed by atoms with van der Waals surface area (Å²) in [6.07, 6.45) is 4.21. The van der Waals surface area contributed by atoms with Crippen LogP contribution in [0.15, 0.2) is 24.5 Å². The Balaban J connectivity index is 2.09. The molecule has 1 aromatic heterocycles. The van der Waals surface area contributed by atoms with Crippen LogP contribution < -0.4 is 10.6 Å². The van der Waals surface area contributed by atoms with Crippen LogP contribution >= 0.6 is 0 Å². The number of nitrogens with one attached hydrogen (secondary N) is 2. The lowest BCUT2D eigenvalue weighted by molar-refractivity contribution is -0.143. The van der Waals surface area contributed by atoms with Gasteiger partial charge in [-0.1, -0.05) is 0 Å². The fourth-order valence-electron chi connectivity index (χ4n) is 1.79. The van der Waals surface area contributed by atoms with Gasteiger partial charge in [-0.25, -0.2) is 4.79 Å². The Morgan fingerprint density at radius 3 is 2.22 bits per heavy atom. The van der Waals surface area contributed by atoms with E-state index in [4.69, 9.17) is 0 Å². The number of carbonyl (C=O) groups is 3. The number of aromatic nitrogens is 1. The third kappa shape index (κ3) is 2.22. The van der Waals surface area contributed by atoms with E-state index in [1.165, 1.54) is 6.92 Å². The summed E-state index contributed by atoms with van der Waals surface area (Å²) < 4.78 is 0. The highest BCUT2D eigenvalue weighted by Crippen LogP contribution is 2.26. The Labute approximate surface area is 104 Å². The van der Waals surface area contributed by atoms with Gasteiger partial charge in [-0.3, -0.25) is 25.2 Å². The standard InChI is InChI=1S/C12H13N3O3/c1-12(5-2-8-3-6-13-7-4-8)9(16)14-11(18)15-10(12)17/h3-4,6-7H,2,5H2,1H3,(H2,14,15,16,17,18). The maximum Gasteiger partial charge on any atom is 0.328 e. The molecule has 0 spiro atoms. The van der Waals surface area contributed by atoms with Crippen molar-refractivity contribution in [3.63, 3.8) is 0 Å². The lowest BCUT2D eigenvalue weighted by atomic mass is 9.81. The summed E-state index contributed by atoms with van der Waals surface area (Å²) in [5.41, 5.74) is -0.222. The second-order valence-corrected chi connectivity index (χ2v) is 4.42. The third-order valence-electron chi connectivity index (χ3n) is 3.12. The van der Waals surface area contributed by atoms with Gasteiger partial charge >= 0.3 is 6.03 Å². The van der Waals surface area contributed by atoms with Crippen molar-refractivity contribution < 1.29 is 14.4 Å². The third-order valence-corrected chi connectivity index (χ3v) is 3.12. The molecule has 2 N–H and O–H groups in total. The SMILES string of the molecule is CC1(CCc2ccncc2)C(=O)NC(=O)NC1=O. The Hall–Kier alpha value is -2.24. The molecule has 1 aliphatic heterocycles. The van der Waals surface area contributed by atoms with Crippen LogP contribution in [-0.4, -0.2) is 22.8 Å². The second-order valence-electron chi connectivity index (χ2n) is 4.42. The molecule has 1 fully saturated rings. The van der Waals surface area contributed by atoms with Crippen molar-refractivity contribution in [2.24, 2.45) is 5.41 Å². The molecule has 2 heterocycles. The first kappa shape index (κ1) is 12.2. The minimum Gasteiger partial charge on any atom is -0.277 e. The number of barbiturate groups is 1. The molecule has 94 valence electrons. The van der Waals surface area contributed by atoms with Crippen molar-refractivity contribution in [3.8, 4) is 0 Å². The summed E-state index contributed by atoms with van der Waals surface area (Å²) in [4.78, 5) is 38.4. The minimum atomic E-state index is -1.21. The summed E-state index contributed by atoms with van der Waals surface area (Å²) in [7, 11) is 0. The highest BCUT2D eigenvalue weighted by Gasteiger charge is 2.45. The van der Waals surface area contributed by atoms with Gasteiger partial charge in [-0.05, 0) is 37.5 Å². The summed E-state index contributed by atoms with van der Waals surface area (Å²) in [5, 5.41) is 4.23. The van der Waals surface area contributed by atoms with Crippen molar-refractivity contribution in [3.05, 3.63) is 30.1 Å². The monoisotopic (exact) mass is 247 g/mol. The number of rotatable bonds is 3. The first-order chi connectivity index (χ1) is 8.52. The zero-order valence-electron chi connectivity index (χ0n) is 9.90. The summed E-state index contributed by atoms with van der Waals surface area (Å²) in [6, 6.07) is 2.90. The van der Waals surface area contributed by atoms with E-state index in [1.807, 2.05) is 12.1 Å². The molecule has 2 rings (SSSR count). The number of urea groups is 1. The van der Waals surface area contributed by atoms with Gasteiger partial charge in [-0.2, -0.15) is 0 Å². The predicted octanol–water partition coefficient (Wildman–Crippen LogP) is 0.386. The topological polar surface area (TPSA) is 88.2 Å². The Kier molecular flexibility index (Phi) is 3.10. The number of aryl methyl sites for hydroxylation is 1. The smallest absolute Gasteiger partial charge is 0.277 e. The lowest BCUT2D eigenvalue weighted by Gasteiger charge is -2.30. The largest absolute Gasteiger partial charge is 0.328 e. The van der Waals surface area contributed by atoms with Crippen molar-refractivity contribution in [2.45, 2.75) is 19.8 Å². The van der Waals surface area contributed by atoms with Crippen molar-refractivity contribution in [1.29, 1.82) is 0 Å². The highest BCUT2D eigenvalue weighted by molar-refractivity contribution is 6.18. The molecule has 1 saturated heterocycles. The molecule has 0 radical (unpaired) electrons. The molecule has 18 heavy (non-hydrogen) atoms. The van der Waals surface area contributed by atoms with Crippen LogP contribution in [-0.2, 0) is 16.0 Å². The normalized spacial score (nSPS) is 18.2. The molecule has 0 aliphatic carbocycles. The number of pyridine rings is 1. The van der Waals surface area contributed by atoms with Crippen LogP contribution in [0, 0.1) is 5.41 Å². The van der Waals surface area contributed by atoms with Gasteiger partial charge in [-0.15, -0.1) is 0 Å². The lowest BCUT2D eigenvalue weighted by Crippen LogP contribution is -2.61. The van der Waals surface area contributed by atoms with Crippen molar-refractivity contribution in [1.82, 2.24) is 15.6 Å². The minimum absolute atomic E-state index is 0.335. The molecular weight excluding hydrogens is 234 g/mol. The number of hydrogen-bond donors (Lipinski definition) is 2. The first-order valence-electron chi connectivity index (χ1n) is 5.58. The molecule has 0 saturated carbocycles. The van der Waals surface area contributed by atoms with E-state index in [1.54, 1.807) is 12.4 Å². The average molecular weight is 247 g/mol. The number of nitrogens with zero attached hydrogens (tertiary/aromatic N) is 1. The number of carbonyl (C=O) groups excluding carboxylic acids is 3. The zero-order chi connectivity index (χ0) is 13.2. The van der Waals surface area contributed by atoms with E-state index in [0.717, 1.165) is 5.56 Å². The number of amides is 4. The Morgan fingerprint density at radius 2 is 1.67 bits per heavy atom. The molecule has 0 aromatic carbocycles. The number of imide groups is 2. The molecule has 0 unspecified atom stereocenters. The first-order valence-corrected chi connectivity index (χ1v) is 5.58. The maximum absolute atomic E-state index is 11.8. The molecular formula is C12H13N3O3. The van der Waals surface area contributed by atoms with Gasteiger partial charge in [0.15, 0.2) is 0 Å². The van der Waals surface area contributed by atoms with Crippen LogP contribution in [0.1, 0.15) is 18.9 Å². The second kappa shape index (κ2) is 4.56. The summed E-state index contributed by atoms with van der Waals surface area (Å²) in [6.45, 7) is 1.53. The molecule has 0 bridgehead atoms. The van der Waals surface area contributed by atoms with E-state index < -0.39 is 23.3 Å². The maximum atomic E-state index is 11.8. The molecule has 4 amide bonds. The predicted molar refractivity (Wildman–Crippen MR) is 62.3 cm³/mol. The van der Waals surface area contributed by atoms with Crippen LogP contribution in [0.2, 0.25) is 0 Å². The van der Waals surface area contributed by atoms with E-state index >= 15 is 0 Å². The van der Waals surface area contributed by atoms with Gasteiger partial charge in [0.05, 0.1) is 0 Å². The highest BCUT2D eigenvalue weighted by atomic mass is 16.2. The van der Waals surface area contributed by atoms with E-state index in [-0.39, 0.29) is 0 Å². The molecule has 1 aliphatic rings. The molecule has 6 nitrogen and oxygen atoms in total. The summed E-state index contributed by atoms with van der Waals surface area (Å²) in [5.74, 6) is -1.10. The quantitative estimate of drug-likeness (QED) is 0.756. The van der Waals surface area contributed by atoms with E-state index in [9.17, 15) is 14.4 Å². The molecule has 1 aromatic rings. The average Bonchev–Trinajstić information content (AvgIpc) is 2.35. The number of hydrogen-bond acceptors (Lipinski definition) is 4. The fourth-order valence-corrected chi connectivity index (χ4v) is 1.79. The molecule has 0 atom stereocenters. The van der Waals surface area contributed by atoms with Crippen molar-refractivity contribution in [2.75, 3.05) is 0 Å². The Morgan fingerprint density at radius 1 is 1.11 bits per heavy atom. The fraction of sp³-hybridized carbons (Fsp3) is 0.333. The van der Waals surface area contributed by atoms with Crippen LogP contribution in [0.5, 0.6) is 0 Å². The van der Waals surface area contributed by atoms with Gasteiger partial charge < -0.3 is 0 Å². The Bertz CT molecular complexity index is 479. The van der Waals surface area contributed by atoms with Crippen LogP contribution in [0.4, 0.5) is 4.79 Å². The van der Waals surface area contributed by atoms with E-state index in [2.05, 4.69) is 15.6 Å². The van der Waals surface area contributed by atoms with Gasteiger partial charge in [0.25, 0.3) is 0 Å².